The number of rotatable bonds is 6. The Balaban J connectivity index is 1.55. The van der Waals surface area contributed by atoms with Gasteiger partial charge < -0.3 is 4.90 Å². The number of nitrogens with one attached hydrogen (secondary N) is 1. The first kappa shape index (κ1) is 24.1. The molecule has 2 N–H and O–H groups in total. The summed E-state index contributed by atoms with van der Waals surface area (Å²) in [5.41, 5.74) is 8.35. The molecule has 0 bridgehead atoms. The molecule has 1 fully saturated rings. The molecule has 34 heavy (non-hydrogen) atoms. The molecule has 1 unspecified atom stereocenters. The summed E-state index contributed by atoms with van der Waals surface area (Å²) in [4.78, 5) is 19.5. The van der Waals surface area contributed by atoms with E-state index in [4.69, 9.17) is 10.2 Å². The molecule has 5 heteroatoms. The lowest BCUT2D eigenvalue weighted by molar-refractivity contribution is -0.138. The molecule has 2 aromatic rings. The van der Waals surface area contributed by atoms with Gasteiger partial charge in [-0.2, -0.15) is 0 Å². The van der Waals surface area contributed by atoms with Crippen molar-refractivity contribution >= 4 is 23.6 Å². The van der Waals surface area contributed by atoms with Crippen molar-refractivity contribution in [2.75, 3.05) is 19.6 Å². The Bertz CT molecular complexity index is 1090. The number of benzene rings is 1. The normalized spacial score (nSPS) is 17.9. The number of fused-ring (bicyclic) bond motifs is 2. The highest BCUT2D eigenvalue weighted by Gasteiger charge is 2.37. The van der Waals surface area contributed by atoms with E-state index in [1.54, 1.807) is 11.6 Å². The highest BCUT2D eigenvalue weighted by atomic mass is 16.5. The summed E-state index contributed by atoms with van der Waals surface area (Å²) in [7, 11) is 0. The van der Waals surface area contributed by atoms with E-state index in [-0.39, 0.29) is 5.41 Å². The molecule has 1 aliphatic carbocycles. The van der Waals surface area contributed by atoms with Gasteiger partial charge in [0.1, 0.15) is 0 Å². The van der Waals surface area contributed by atoms with Crippen LogP contribution in [0.5, 0.6) is 0 Å². The number of hydrogen-bond acceptors (Lipinski definition) is 4. The van der Waals surface area contributed by atoms with E-state index in [1.807, 2.05) is 19.2 Å². The summed E-state index contributed by atoms with van der Waals surface area (Å²) in [5.74, 6) is -0.409. The molecule has 1 aromatic carbocycles. The molecule has 1 amide bonds. The molecule has 0 spiro atoms. The number of piperidine rings is 1. The molecule has 2 aliphatic rings. The Kier molecular flexibility index (Phi) is 6.87. The monoisotopic (exact) mass is 457 g/mol. The van der Waals surface area contributed by atoms with E-state index < -0.39 is 11.3 Å². The van der Waals surface area contributed by atoms with Crippen molar-refractivity contribution in [1.82, 2.24) is 15.4 Å². The molecule has 1 atom stereocenters. The fraction of sp³-hybridized carbons (Fsp3) is 0.379. The van der Waals surface area contributed by atoms with Crippen LogP contribution in [-0.2, 0) is 4.79 Å². The molecule has 1 saturated heterocycles. The lowest BCUT2D eigenvalue weighted by Crippen LogP contribution is -2.44. The minimum absolute atomic E-state index is 0.118. The fourth-order valence-electron chi connectivity index (χ4n) is 5.56. The number of pyridine rings is 1. The predicted molar refractivity (Wildman–Crippen MR) is 138 cm³/mol. The summed E-state index contributed by atoms with van der Waals surface area (Å²) >= 11 is 0. The first-order valence-electron chi connectivity index (χ1n) is 12.0. The number of carbonyl (C=O) groups is 1. The van der Waals surface area contributed by atoms with Gasteiger partial charge in [-0.1, -0.05) is 68.0 Å². The second-order valence-corrected chi connectivity index (χ2v) is 10.5. The van der Waals surface area contributed by atoms with Crippen LogP contribution in [0.4, 0.5) is 0 Å². The standard InChI is InChI=1S/C29H35N3O2/c1-5-29(4,27(33)31-34)19-28(2,3)20-32-17-14-22(15-18-32)25-24-11-7-6-9-21(24)12-13-23-10-8-16-30-26(23)25/h5-13,16,34H,1,14-15,17-20H2,2-4H3,(H,31,33). The minimum atomic E-state index is -0.812. The number of hydrogen-bond donors (Lipinski definition) is 2. The van der Waals surface area contributed by atoms with Crippen LogP contribution in [0.15, 0.2) is 60.8 Å². The predicted octanol–water partition coefficient (Wildman–Crippen LogP) is 5.58. The average molecular weight is 458 g/mol. The molecular weight excluding hydrogens is 422 g/mol. The van der Waals surface area contributed by atoms with Crippen LogP contribution in [0.1, 0.15) is 62.4 Å². The third-order valence-electron chi connectivity index (χ3n) is 7.13. The summed E-state index contributed by atoms with van der Waals surface area (Å²) in [6.07, 6.45) is 10.5. The van der Waals surface area contributed by atoms with E-state index in [9.17, 15) is 4.79 Å². The minimum Gasteiger partial charge on any atom is -0.302 e. The van der Waals surface area contributed by atoms with Crippen molar-refractivity contribution in [3.63, 3.8) is 0 Å². The van der Waals surface area contributed by atoms with Gasteiger partial charge in [-0.05, 0) is 48.8 Å². The molecule has 1 aromatic heterocycles. The van der Waals surface area contributed by atoms with Gasteiger partial charge in [-0.25, -0.2) is 5.48 Å². The van der Waals surface area contributed by atoms with Gasteiger partial charge in [0.05, 0.1) is 11.1 Å². The van der Waals surface area contributed by atoms with Crippen molar-refractivity contribution in [1.29, 1.82) is 0 Å². The number of amides is 1. The van der Waals surface area contributed by atoms with Crippen LogP contribution in [-0.4, -0.2) is 40.6 Å². The molecule has 4 rings (SSSR count). The van der Waals surface area contributed by atoms with Gasteiger partial charge >= 0.3 is 0 Å². The summed E-state index contributed by atoms with van der Waals surface area (Å²) < 4.78 is 0. The third kappa shape index (κ3) is 4.91. The molecule has 2 heterocycles. The maximum atomic E-state index is 12.2. The van der Waals surface area contributed by atoms with Gasteiger partial charge in [-0.15, -0.1) is 6.58 Å². The van der Waals surface area contributed by atoms with Crippen molar-refractivity contribution in [2.24, 2.45) is 10.8 Å². The summed E-state index contributed by atoms with van der Waals surface area (Å²) in [6.45, 7) is 12.8. The first-order valence-corrected chi connectivity index (χ1v) is 12.0. The van der Waals surface area contributed by atoms with Crippen LogP contribution in [0.3, 0.4) is 0 Å². The number of carbonyl (C=O) groups excluding carboxylic acids is 1. The maximum Gasteiger partial charge on any atom is 0.253 e. The zero-order valence-corrected chi connectivity index (χ0v) is 20.5. The zero-order chi connectivity index (χ0) is 24.3. The van der Waals surface area contributed by atoms with E-state index >= 15 is 0 Å². The Hall–Kier alpha value is -3.02. The van der Waals surface area contributed by atoms with Crippen LogP contribution < -0.4 is 5.48 Å². The molecule has 5 nitrogen and oxygen atoms in total. The lowest BCUT2D eigenvalue weighted by Gasteiger charge is -2.39. The quantitative estimate of drug-likeness (QED) is 0.288. The van der Waals surface area contributed by atoms with Gasteiger partial charge in [0.2, 0.25) is 0 Å². The van der Waals surface area contributed by atoms with E-state index in [0.717, 1.165) is 43.7 Å². The van der Waals surface area contributed by atoms with Crippen LogP contribution in [0, 0.1) is 10.8 Å². The zero-order valence-electron chi connectivity index (χ0n) is 20.5. The number of aromatic nitrogens is 1. The molecule has 1 aliphatic heterocycles. The van der Waals surface area contributed by atoms with Gasteiger partial charge in [0.15, 0.2) is 0 Å². The second kappa shape index (κ2) is 9.69. The maximum absolute atomic E-state index is 12.2. The van der Waals surface area contributed by atoms with Crippen LogP contribution in [0.2, 0.25) is 0 Å². The Morgan fingerprint density at radius 1 is 1.12 bits per heavy atom. The van der Waals surface area contributed by atoms with Crippen molar-refractivity contribution in [3.05, 3.63) is 83.2 Å². The van der Waals surface area contributed by atoms with Crippen molar-refractivity contribution in [2.45, 2.75) is 40.0 Å². The molecule has 0 saturated carbocycles. The Morgan fingerprint density at radius 3 is 2.50 bits per heavy atom. The molecule has 0 radical (unpaired) electrons. The first-order chi connectivity index (χ1) is 16.3. The third-order valence-corrected chi connectivity index (χ3v) is 7.13. The SMILES string of the molecule is C=CC(C)(CC(C)(C)CN1CCC(=C2c3ccccc3C=Cc3cccnc32)CC1)C(=O)NO. The van der Waals surface area contributed by atoms with Gasteiger partial charge in [0, 0.05) is 37.0 Å². The van der Waals surface area contributed by atoms with E-state index in [2.05, 4.69) is 67.8 Å². The number of nitrogens with zero attached hydrogens (tertiary/aromatic N) is 2. The van der Waals surface area contributed by atoms with Crippen molar-refractivity contribution < 1.29 is 10.0 Å². The Morgan fingerprint density at radius 2 is 1.79 bits per heavy atom. The van der Waals surface area contributed by atoms with Gasteiger partial charge in [-0.3, -0.25) is 15.0 Å². The van der Waals surface area contributed by atoms with Crippen LogP contribution in [0.25, 0.3) is 17.7 Å². The lowest BCUT2D eigenvalue weighted by atomic mass is 9.73. The highest BCUT2D eigenvalue weighted by Crippen LogP contribution is 2.39. The topological polar surface area (TPSA) is 65.5 Å². The average Bonchev–Trinajstić information content (AvgIpc) is 3.00. The molecule has 178 valence electrons. The van der Waals surface area contributed by atoms with E-state index in [0.29, 0.717) is 6.42 Å². The van der Waals surface area contributed by atoms with Crippen molar-refractivity contribution in [3.8, 4) is 0 Å². The number of likely N-dealkylation sites (tertiary alicyclic amines) is 1. The number of hydroxylamine groups is 1. The molecular formula is C29H35N3O2. The van der Waals surface area contributed by atoms with Crippen LogP contribution >= 0.6 is 0 Å². The summed E-state index contributed by atoms with van der Waals surface area (Å²) in [5, 5.41) is 9.16. The smallest absolute Gasteiger partial charge is 0.253 e. The van der Waals surface area contributed by atoms with E-state index in [1.165, 1.54) is 22.3 Å². The second-order valence-electron chi connectivity index (χ2n) is 10.5. The fourth-order valence-corrected chi connectivity index (χ4v) is 5.56. The Labute approximate surface area is 202 Å². The highest BCUT2D eigenvalue weighted by molar-refractivity contribution is 5.93. The van der Waals surface area contributed by atoms with Gasteiger partial charge in [0.25, 0.3) is 5.91 Å². The summed E-state index contributed by atoms with van der Waals surface area (Å²) in [6, 6.07) is 12.7. The largest absolute Gasteiger partial charge is 0.302 e.